The van der Waals surface area contributed by atoms with Gasteiger partial charge in [0.1, 0.15) is 11.6 Å². The van der Waals surface area contributed by atoms with Crippen LogP contribution < -0.4 is 5.32 Å². The topological polar surface area (TPSA) is 98.6 Å². The largest absolute Gasteiger partial charge is 0.507 e. The van der Waals surface area contributed by atoms with Gasteiger partial charge in [0.2, 0.25) is 0 Å². The fourth-order valence-corrected chi connectivity index (χ4v) is 3.43. The number of carbonyl (C=O) groups is 1. The Labute approximate surface area is 180 Å². The van der Waals surface area contributed by atoms with E-state index < -0.39 is 12.1 Å². The van der Waals surface area contributed by atoms with Crippen LogP contribution in [0.25, 0.3) is 11.3 Å². The van der Waals surface area contributed by atoms with Crippen LogP contribution >= 0.6 is 23.2 Å². The quantitative estimate of drug-likeness (QED) is 0.620. The van der Waals surface area contributed by atoms with Gasteiger partial charge in [-0.3, -0.25) is 0 Å². The second-order valence-electron chi connectivity index (χ2n) is 6.63. The first-order chi connectivity index (χ1) is 14.0. The number of nitrogens with zero attached hydrogens (tertiary/aromatic N) is 3. The van der Waals surface area contributed by atoms with Crippen LogP contribution in [0, 0.1) is 0 Å². The van der Waals surface area contributed by atoms with E-state index >= 15 is 0 Å². The molecule has 1 unspecified atom stereocenters. The number of phenols is 1. The van der Waals surface area contributed by atoms with Gasteiger partial charge in [-0.2, -0.15) is 13.2 Å². The molecule has 3 rings (SSSR count). The molecule has 0 saturated carbocycles. The van der Waals surface area contributed by atoms with Gasteiger partial charge >= 0.3 is 12.1 Å². The summed E-state index contributed by atoms with van der Waals surface area (Å²) in [4.78, 5) is 11.2. The second kappa shape index (κ2) is 10.1. The Morgan fingerprint density at radius 2 is 1.93 bits per heavy atom. The summed E-state index contributed by atoms with van der Waals surface area (Å²) in [7, 11) is 2.12. The van der Waals surface area contributed by atoms with E-state index in [2.05, 4.69) is 27.5 Å². The van der Waals surface area contributed by atoms with Crippen molar-refractivity contribution in [2.75, 3.05) is 25.5 Å². The van der Waals surface area contributed by atoms with Gasteiger partial charge in [-0.05, 0) is 50.7 Å². The van der Waals surface area contributed by atoms with Gasteiger partial charge in [0.25, 0.3) is 0 Å². The standard InChI is InChI=1S/C16H18Cl2N4O.C2HF3O2/c1-22-6-2-3-11(9-22)19-15-5-4-13(20-21-15)16-12(18)7-10(17)8-14(16)23;3-2(4,5)1(6)7/h4-5,7-8,11,23H,2-3,6,9H2,1H3,(H,19,21);(H,6,7). The molecule has 7 nitrogen and oxygen atoms in total. The number of aliphatic carboxylic acids is 1. The zero-order chi connectivity index (χ0) is 22.5. The summed E-state index contributed by atoms with van der Waals surface area (Å²) in [5.41, 5.74) is 0.947. The summed E-state index contributed by atoms with van der Waals surface area (Å²) in [6.07, 6.45) is -2.79. The lowest BCUT2D eigenvalue weighted by atomic mass is 10.1. The maximum atomic E-state index is 10.6. The molecule has 0 amide bonds. The second-order valence-corrected chi connectivity index (χ2v) is 7.48. The lowest BCUT2D eigenvalue weighted by molar-refractivity contribution is -0.192. The first kappa shape index (κ1) is 24.0. The highest BCUT2D eigenvalue weighted by Gasteiger charge is 2.38. The van der Waals surface area contributed by atoms with Crippen molar-refractivity contribution < 1.29 is 28.2 Å². The van der Waals surface area contributed by atoms with Crippen molar-refractivity contribution in [3.63, 3.8) is 0 Å². The summed E-state index contributed by atoms with van der Waals surface area (Å²) in [6.45, 7) is 2.13. The molecular formula is C18H19Cl2F3N4O3. The summed E-state index contributed by atoms with van der Waals surface area (Å²) in [6, 6.07) is 7.03. The fraction of sp³-hybridized carbons (Fsp3) is 0.389. The van der Waals surface area contributed by atoms with Gasteiger partial charge in [0.15, 0.2) is 0 Å². The van der Waals surface area contributed by atoms with E-state index in [1.165, 1.54) is 12.5 Å². The SMILES string of the molecule is CN1CCCC(Nc2ccc(-c3c(O)cc(Cl)cc3Cl)nn2)C1.O=C(O)C(F)(F)F. The number of nitrogens with one attached hydrogen (secondary N) is 1. The number of halogens is 5. The smallest absolute Gasteiger partial charge is 0.490 e. The Hall–Kier alpha value is -2.30. The normalized spacial score (nSPS) is 17.1. The third kappa shape index (κ3) is 6.89. The molecule has 1 aliphatic heterocycles. The minimum Gasteiger partial charge on any atom is -0.507 e. The van der Waals surface area contributed by atoms with Crippen molar-refractivity contribution in [1.29, 1.82) is 0 Å². The molecule has 1 saturated heterocycles. The van der Waals surface area contributed by atoms with Crippen molar-refractivity contribution in [3.05, 3.63) is 34.3 Å². The van der Waals surface area contributed by atoms with Crippen molar-refractivity contribution in [2.24, 2.45) is 0 Å². The predicted molar refractivity (Wildman–Crippen MR) is 107 cm³/mol. The number of hydrogen-bond donors (Lipinski definition) is 3. The number of likely N-dealkylation sites (N-methyl/N-ethyl adjacent to an activating group) is 1. The number of alkyl halides is 3. The molecular weight excluding hydrogens is 448 g/mol. The maximum Gasteiger partial charge on any atom is 0.490 e. The Bertz CT molecular complexity index is 859. The number of aromatic hydroxyl groups is 1. The zero-order valence-corrected chi connectivity index (χ0v) is 17.3. The van der Waals surface area contributed by atoms with E-state index in [1.54, 1.807) is 12.1 Å². The lowest BCUT2D eigenvalue weighted by Gasteiger charge is -2.30. The molecule has 0 spiro atoms. The molecule has 164 valence electrons. The molecule has 0 radical (unpaired) electrons. The third-order valence-electron chi connectivity index (χ3n) is 4.17. The number of likely N-dealkylation sites (tertiary alicyclic amines) is 1. The van der Waals surface area contributed by atoms with Crippen LogP contribution in [-0.4, -0.2) is 63.6 Å². The van der Waals surface area contributed by atoms with Gasteiger partial charge in [-0.15, -0.1) is 10.2 Å². The van der Waals surface area contributed by atoms with Crippen LogP contribution in [0.1, 0.15) is 12.8 Å². The Morgan fingerprint density at radius 1 is 1.27 bits per heavy atom. The average molecular weight is 467 g/mol. The van der Waals surface area contributed by atoms with E-state index in [0.29, 0.717) is 27.3 Å². The molecule has 2 aromatic rings. The molecule has 1 aromatic heterocycles. The fourth-order valence-electron chi connectivity index (χ4n) is 2.85. The molecule has 0 aliphatic carbocycles. The van der Waals surface area contributed by atoms with Crippen LogP contribution in [0.4, 0.5) is 19.0 Å². The van der Waals surface area contributed by atoms with Crippen LogP contribution in [0.3, 0.4) is 0 Å². The number of rotatable bonds is 3. The van der Waals surface area contributed by atoms with Gasteiger partial charge in [-0.25, -0.2) is 4.79 Å². The Balaban J connectivity index is 0.000000396. The molecule has 3 N–H and O–H groups in total. The highest BCUT2D eigenvalue weighted by molar-refractivity contribution is 6.36. The van der Waals surface area contributed by atoms with E-state index in [1.807, 2.05) is 6.07 Å². The van der Waals surface area contributed by atoms with Crippen molar-refractivity contribution >= 4 is 35.0 Å². The zero-order valence-electron chi connectivity index (χ0n) is 15.7. The van der Waals surface area contributed by atoms with Gasteiger partial charge in [0, 0.05) is 17.6 Å². The van der Waals surface area contributed by atoms with Crippen molar-refractivity contribution in [2.45, 2.75) is 25.1 Å². The van der Waals surface area contributed by atoms with Gasteiger partial charge in [0.05, 0.1) is 16.3 Å². The van der Waals surface area contributed by atoms with Crippen molar-refractivity contribution in [3.8, 4) is 17.0 Å². The number of hydrogen-bond acceptors (Lipinski definition) is 6. The molecule has 0 bridgehead atoms. The van der Waals surface area contributed by atoms with Crippen LogP contribution in [-0.2, 0) is 4.79 Å². The molecule has 12 heteroatoms. The average Bonchev–Trinajstić information content (AvgIpc) is 2.62. The van der Waals surface area contributed by atoms with Crippen LogP contribution in [0.5, 0.6) is 5.75 Å². The number of phenolic OH excluding ortho intramolecular Hbond substituents is 1. The summed E-state index contributed by atoms with van der Waals surface area (Å²) in [5, 5.41) is 29.6. The van der Waals surface area contributed by atoms with E-state index in [9.17, 15) is 18.3 Å². The minimum absolute atomic E-state index is 0.00795. The summed E-state index contributed by atoms with van der Waals surface area (Å²) < 4.78 is 31.7. The van der Waals surface area contributed by atoms with E-state index in [4.69, 9.17) is 33.1 Å². The number of anilines is 1. The molecule has 2 heterocycles. The molecule has 1 atom stereocenters. The number of benzene rings is 1. The Kier molecular flexibility index (Phi) is 8.10. The monoisotopic (exact) mass is 466 g/mol. The van der Waals surface area contributed by atoms with Crippen LogP contribution in [0.15, 0.2) is 24.3 Å². The molecule has 1 aromatic carbocycles. The highest BCUT2D eigenvalue weighted by Crippen LogP contribution is 2.37. The van der Waals surface area contributed by atoms with Crippen molar-refractivity contribution in [1.82, 2.24) is 15.1 Å². The number of carboxylic acids is 1. The van der Waals surface area contributed by atoms with E-state index in [0.717, 1.165) is 25.3 Å². The van der Waals surface area contributed by atoms with Gasteiger partial charge < -0.3 is 20.4 Å². The minimum atomic E-state index is -5.08. The Morgan fingerprint density at radius 3 is 2.43 bits per heavy atom. The summed E-state index contributed by atoms with van der Waals surface area (Å²) in [5.74, 6) is -2.04. The third-order valence-corrected chi connectivity index (χ3v) is 4.69. The summed E-state index contributed by atoms with van der Waals surface area (Å²) >= 11 is 12.0. The number of carboxylic acid groups (broad SMARTS) is 1. The van der Waals surface area contributed by atoms with Crippen LogP contribution in [0.2, 0.25) is 10.0 Å². The first-order valence-corrected chi connectivity index (χ1v) is 9.50. The molecule has 1 fully saturated rings. The molecule has 1 aliphatic rings. The first-order valence-electron chi connectivity index (χ1n) is 8.74. The number of aromatic nitrogens is 2. The van der Waals surface area contributed by atoms with E-state index in [-0.39, 0.29) is 5.75 Å². The lowest BCUT2D eigenvalue weighted by Crippen LogP contribution is -2.39. The predicted octanol–water partition coefficient (Wildman–Crippen LogP) is 4.30. The molecule has 30 heavy (non-hydrogen) atoms. The maximum absolute atomic E-state index is 10.6. The number of piperidine rings is 1. The van der Waals surface area contributed by atoms with Gasteiger partial charge in [-0.1, -0.05) is 23.2 Å². The highest BCUT2D eigenvalue weighted by atomic mass is 35.5.